The van der Waals surface area contributed by atoms with Crippen LogP contribution in [-0.4, -0.2) is 21.4 Å². The Labute approximate surface area is 211 Å². The van der Waals surface area contributed by atoms with Gasteiger partial charge in [-0.3, -0.25) is 9.88 Å². The second-order valence-electron chi connectivity index (χ2n) is 10.7. The molecule has 2 bridgehead atoms. The van der Waals surface area contributed by atoms with E-state index in [-0.39, 0.29) is 10.8 Å². The Kier molecular flexibility index (Phi) is 4.87. The van der Waals surface area contributed by atoms with Crippen LogP contribution >= 0.6 is 11.6 Å². The standard InChI is InChI=1S/C31H28ClN3/c32-27-14-13-24(17-34-27)28-26-19-35(18-22-8-7-15-33-16-22)29(23-9-3-1-4-10-23)31(26)20-30(28,21-31)25-11-5-2-6-12-25/h1-17,26,28-29H,18-21H2/t26-,28?,29-,30?,31?/m1/s1. The number of rotatable bonds is 5. The number of halogens is 1. The topological polar surface area (TPSA) is 29.0 Å². The second-order valence-corrected chi connectivity index (χ2v) is 11.1. The Balaban J connectivity index is 1.35. The molecule has 4 fully saturated rings. The zero-order valence-corrected chi connectivity index (χ0v) is 20.4. The number of aromatic nitrogens is 2. The van der Waals surface area contributed by atoms with Gasteiger partial charge in [0.2, 0.25) is 0 Å². The number of pyridine rings is 2. The minimum absolute atomic E-state index is 0.162. The highest BCUT2D eigenvalue weighted by Crippen LogP contribution is 2.82. The average Bonchev–Trinajstić information content (AvgIpc) is 3.45. The van der Waals surface area contributed by atoms with E-state index in [1.54, 1.807) is 0 Å². The molecule has 2 aromatic carbocycles. The highest BCUT2D eigenvalue weighted by atomic mass is 35.5. The van der Waals surface area contributed by atoms with E-state index in [4.69, 9.17) is 11.6 Å². The first-order valence-electron chi connectivity index (χ1n) is 12.5. The Morgan fingerprint density at radius 2 is 1.60 bits per heavy atom. The van der Waals surface area contributed by atoms with Crippen molar-refractivity contribution in [1.29, 1.82) is 0 Å². The predicted molar refractivity (Wildman–Crippen MR) is 139 cm³/mol. The molecule has 8 rings (SSSR count). The monoisotopic (exact) mass is 477 g/mol. The SMILES string of the molecule is Clc1ccc(C2[C@H]3CN(Cc4cccnc4)[C@H](c4ccccc4)C34CC2(c2ccccc2)C4)cn1. The molecule has 35 heavy (non-hydrogen) atoms. The van der Waals surface area contributed by atoms with Crippen LogP contribution in [0.25, 0.3) is 0 Å². The molecule has 174 valence electrons. The Morgan fingerprint density at radius 3 is 2.29 bits per heavy atom. The highest BCUT2D eigenvalue weighted by Gasteiger charge is 2.77. The Hall–Kier alpha value is -3.01. The summed E-state index contributed by atoms with van der Waals surface area (Å²) in [5, 5.41) is 0.564. The van der Waals surface area contributed by atoms with Crippen LogP contribution in [-0.2, 0) is 12.0 Å². The van der Waals surface area contributed by atoms with Crippen LogP contribution in [0.2, 0.25) is 5.15 Å². The quantitative estimate of drug-likeness (QED) is 0.295. The number of hydrogen-bond donors (Lipinski definition) is 0. The molecule has 4 aliphatic rings. The maximum absolute atomic E-state index is 6.22. The fourth-order valence-electron chi connectivity index (χ4n) is 8.06. The van der Waals surface area contributed by atoms with Crippen LogP contribution in [0, 0.1) is 11.3 Å². The number of hydrogen-bond acceptors (Lipinski definition) is 3. The number of nitrogens with zero attached hydrogens (tertiary/aromatic N) is 3. The summed E-state index contributed by atoms with van der Waals surface area (Å²) in [6.07, 6.45) is 8.34. The lowest BCUT2D eigenvalue weighted by Gasteiger charge is -2.53. The van der Waals surface area contributed by atoms with E-state index in [0.717, 1.165) is 13.1 Å². The van der Waals surface area contributed by atoms with E-state index in [1.807, 2.05) is 30.7 Å². The molecule has 1 spiro atoms. The molecule has 2 aromatic heterocycles. The maximum atomic E-state index is 6.22. The molecule has 1 unspecified atom stereocenters. The van der Waals surface area contributed by atoms with Crippen molar-refractivity contribution >= 4 is 11.6 Å². The zero-order chi connectivity index (χ0) is 23.5. The summed E-state index contributed by atoms with van der Waals surface area (Å²) in [5.74, 6) is 0.993. The van der Waals surface area contributed by atoms with E-state index in [2.05, 4.69) is 87.7 Å². The third kappa shape index (κ3) is 3.15. The summed E-state index contributed by atoms with van der Waals surface area (Å²) in [4.78, 5) is 11.6. The van der Waals surface area contributed by atoms with Crippen LogP contribution in [0.15, 0.2) is 104 Å². The van der Waals surface area contributed by atoms with Crippen LogP contribution in [0.4, 0.5) is 0 Å². The molecule has 3 atom stereocenters. The van der Waals surface area contributed by atoms with Crippen LogP contribution in [0.3, 0.4) is 0 Å². The molecule has 0 radical (unpaired) electrons. The molecular formula is C31H28ClN3. The summed E-state index contributed by atoms with van der Waals surface area (Å²) in [6.45, 7) is 2.01. The predicted octanol–water partition coefficient (Wildman–Crippen LogP) is 6.82. The Morgan fingerprint density at radius 1 is 0.829 bits per heavy atom. The van der Waals surface area contributed by atoms with Crippen molar-refractivity contribution in [3.8, 4) is 0 Å². The Bertz CT molecular complexity index is 1320. The van der Waals surface area contributed by atoms with Crippen molar-refractivity contribution in [3.63, 3.8) is 0 Å². The third-order valence-electron chi connectivity index (χ3n) is 9.05. The van der Waals surface area contributed by atoms with E-state index in [0.29, 0.717) is 23.0 Å². The molecule has 3 heterocycles. The second kappa shape index (κ2) is 8.01. The van der Waals surface area contributed by atoms with Crippen molar-refractivity contribution in [2.75, 3.05) is 6.54 Å². The van der Waals surface area contributed by atoms with Gasteiger partial charge < -0.3 is 0 Å². The lowest BCUT2D eigenvalue weighted by Crippen LogP contribution is -2.47. The minimum Gasteiger partial charge on any atom is -0.291 e. The zero-order valence-electron chi connectivity index (χ0n) is 19.6. The van der Waals surface area contributed by atoms with E-state index in [1.165, 1.54) is 35.1 Å². The van der Waals surface area contributed by atoms with Gasteiger partial charge in [-0.25, -0.2) is 4.98 Å². The van der Waals surface area contributed by atoms with Crippen molar-refractivity contribution in [3.05, 3.63) is 131 Å². The molecule has 3 saturated carbocycles. The van der Waals surface area contributed by atoms with Gasteiger partial charge in [0.1, 0.15) is 5.15 Å². The summed E-state index contributed by atoms with van der Waals surface area (Å²) in [7, 11) is 0. The van der Waals surface area contributed by atoms with Gasteiger partial charge in [0, 0.05) is 43.1 Å². The van der Waals surface area contributed by atoms with Gasteiger partial charge in [0.15, 0.2) is 0 Å². The molecule has 0 amide bonds. The molecule has 4 aromatic rings. The summed E-state index contributed by atoms with van der Waals surface area (Å²) < 4.78 is 0. The first-order valence-corrected chi connectivity index (χ1v) is 12.9. The highest BCUT2D eigenvalue weighted by molar-refractivity contribution is 6.29. The average molecular weight is 478 g/mol. The molecule has 4 heteroatoms. The van der Waals surface area contributed by atoms with Gasteiger partial charge in [0.25, 0.3) is 0 Å². The van der Waals surface area contributed by atoms with Crippen LogP contribution < -0.4 is 0 Å². The van der Waals surface area contributed by atoms with Gasteiger partial charge in [-0.05, 0) is 64.5 Å². The lowest BCUT2D eigenvalue weighted by atomic mass is 9.52. The molecule has 3 aliphatic carbocycles. The largest absolute Gasteiger partial charge is 0.291 e. The van der Waals surface area contributed by atoms with Crippen molar-refractivity contribution in [1.82, 2.24) is 14.9 Å². The van der Waals surface area contributed by atoms with Crippen molar-refractivity contribution in [2.24, 2.45) is 11.3 Å². The number of likely N-dealkylation sites (tertiary alicyclic amines) is 1. The number of benzene rings is 2. The minimum atomic E-state index is 0.162. The fourth-order valence-corrected chi connectivity index (χ4v) is 8.18. The lowest BCUT2D eigenvalue weighted by molar-refractivity contribution is 0.0296. The first kappa shape index (κ1) is 21.3. The van der Waals surface area contributed by atoms with Crippen molar-refractivity contribution in [2.45, 2.75) is 36.8 Å². The van der Waals surface area contributed by atoms with Gasteiger partial charge in [0.05, 0.1) is 0 Å². The maximum Gasteiger partial charge on any atom is 0.129 e. The van der Waals surface area contributed by atoms with Gasteiger partial charge >= 0.3 is 0 Å². The van der Waals surface area contributed by atoms with E-state index in [9.17, 15) is 0 Å². The molecule has 1 saturated heterocycles. The van der Waals surface area contributed by atoms with E-state index >= 15 is 0 Å². The summed E-state index contributed by atoms with van der Waals surface area (Å²) in [6, 6.07) is 31.2. The normalized spacial score (nSPS) is 31.2. The smallest absolute Gasteiger partial charge is 0.129 e. The van der Waals surface area contributed by atoms with Gasteiger partial charge in [-0.1, -0.05) is 84.4 Å². The van der Waals surface area contributed by atoms with Crippen LogP contribution in [0.1, 0.15) is 47.1 Å². The van der Waals surface area contributed by atoms with Gasteiger partial charge in [-0.2, -0.15) is 0 Å². The van der Waals surface area contributed by atoms with Gasteiger partial charge in [-0.15, -0.1) is 0 Å². The van der Waals surface area contributed by atoms with Crippen molar-refractivity contribution < 1.29 is 0 Å². The summed E-state index contributed by atoms with van der Waals surface area (Å²) >= 11 is 6.22. The third-order valence-corrected chi connectivity index (χ3v) is 9.27. The molecule has 1 aliphatic heterocycles. The molecular weight excluding hydrogens is 450 g/mol. The first-order chi connectivity index (χ1) is 17.2. The molecule has 3 nitrogen and oxygen atoms in total. The van der Waals surface area contributed by atoms with E-state index < -0.39 is 0 Å². The molecule has 0 N–H and O–H groups in total. The van der Waals surface area contributed by atoms with Crippen LogP contribution in [0.5, 0.6) is 0 Å². The fraction of sp³-hybridized carbons (Fsp3) is 0.290. The summed E-state index contributed by atoms with van der Waals surface area (Å²) in [5.41, 5.74) is 5.94.